The molecule has 4 nitrogen and oxygen atoms in total. The van der Waals surface area contributed by atoms with E-state index in [9.17, 15) is 4.79 Å². The van der Waals surface area contributed by atoms with E-state index < -0.39 is 5.54 Å². The number of para-hydroxylation sites is 1. The van der Waals surface area contributed by atoms with Gasteiger partial charge in [0.25, 0.3) is 0 Å². The van der Waals surface area contributed by atoms with Gasteiger partial charge >= 0.3 is 5.97 Å². The van der Waals surface area contributed by atoms with Crippen LogP contribution < -0.4 is 10.6 Å². The Labute approximate surface area is 108 Å². The van der Waals surface area contributed by atoms with Gasteiger partial charge in [-0.2, -0.15) is 0 Å². The Kier molecular flexibility index (Phi) is 3.57. The van der Waals surface area contributed by atoms with Gasteiger partial charge in [-0.1, -0.05) is 18.2 Å². The van der Waals surface area contributed by atoms with Gasteiger partial charge < -0.3 is 15.4 Å². The summed E-state index contributed by atoms with van der Waals surface area (Å²) in [4.78, 5) is 13.8. The van der Waals surface area contributed by atoms with E-state index >= 15 is 0 Å². The van der Waals surface area contributed by atoms with Crippen molar-refractivity contribution in [3.8, 4) is 0 Å². The number of benzene rings is 1. The highest BCUT2D eigenvalue weighted by molar-refractivity contribution is 5.79. The molecule has 1 unspecified atom stereocenters. The fraction of sp³-hybridized carbons (Fsp3) is 0.500. The van der Waals surface area contributed by atoms with Crippen molar-refractivity contribution in [3.05, 3.63) is 29.8 Å². The first-order valence-electron chi connectivity index (χ1n) is 6.25. The highest BCUT2D eigenvalue weighted by atomic mass is 16.5. The largest absolute Gasteiger partial charge is 0.468 e. The zero-order chi connectivity index (χ0) is 13.2. The number of fused-ring (bicyclic) bond motifs is 1. The SMILES string of the molecule is COC(=O)C(C)(N)CCN1CCc2ccccc21. The number of methoxy groups -OCH3 is 1. The zero-order valence-electron chi connectivity index (χ0n) is 11.0. The lowest BCUT2D eigenvalue weighted by molar-refractivity contribution is -0.146. The maximum atomic E-state index is 11.5. The molecule has 2 N–H and O–H groups in total. The Hall–Kier alpha value is -1.55. The van der Waals surface area contributed by atoms with Crippen molar-refractivity contribution in [1.82, 2.24) is 0 Å². The maximum absolute atomic E-state index is 11.5. The van der Waals surface area contributed by atoms with E-state index in [1.807, 2.05) is 6.07 Å². The predicted molar refractivity (Wildman–Crippen MR) is 71.6 cm³/mol. The highest BCUT2D eigenvalue weighted by Gasteiger charge is 2.30. The summed E-state index contributed by atoms with van der Waals surface area (Å²) < 4.78 is 4.72. The van der Waals surface area contributed by atoms with Crippen molar-refractivity contribution in [2.45, 2.75) is 25.3 Å². The van der Waals surface area contributed by atoms with Gasteiger partial charge in [0.2, 0.25) is 0 Å². The quantitative estimate of drug-likeness (QED) is 0.817. The summed E-state index contributed by atoms with van der Waals surface area (Å²) >= 11 is 0. The number of ether oxygens (including phenoxy) is 1. The van der Waals surface area contributed by atoms with Gasteiger partial charge in [-0.25, -0.2) is 0 Å². The Morgan fingerprint density at radius 2 is 2.22 bits per heavy atom. The predicted octanol–water partition coefficient (Wildman–Crippen LogP) is 1.33. The van der Waals surface area contributed by atoms with Crippen molar-refractivity contribution in [1.29, 1.82) is 0 Å². The van der Waals surface area contributed by atoms with Gasteiger partial charge in [0.15, 0.2) is 0 Å². The number of nitrogens with two attached hydrogens (primary N) is 1. The second-order valence-electron chi connectivity index (χ2n) is 5.02. The van der Waals surface area contributed by atoms with Crippen molar-refractivity contribution in [2.75, 3.05) is 25.1 Å². The van der Waals surface area contributed by atoms with Crippen LogP contribution in [-0.2, 0) is 16.0 Å². The highest BCUT2D eigenvalue weighted by Crippen LogP contribution is 2.28. The average Bonchev–Trinajstić information content (AvgIpc) is 2.78. The minimum absolute atomic E-state index is 0.352. The lowest BCUT2D eigenvalue weighted by atomic mass is 9.99. The summed E-state index contributed by atoms with van der Waals surface area (Å²) in [6.45, 7) is 3.50. The van der Waals surface area contributed by atoms with E-state index in [2.05, 4.69) is 23.1 Å². The third kappa shape index (κ3) is 2.48. The monoisotopic (exact) mass is 248 g/mol. The van der Waals surface area contributed by atoms with E-state index in [1.54, 1.807) is 6.92 Å². The fourth-order valence-corrected chi connectivity index (χ4v) is 2.34. The Bertz CT molecular complexity index is 443. The number of anilines is 1. The first-order valence-corrected chi connectivity index (χ1v) is 6.25. The number of rotatable bonds is 4. The average molecular weight is 248 g/mol. The van der Waals surface area contributed by atoms with E-state index in [4.69, 9.17) is 10.5 Å². The number of carbonyl (C=O) groups is 1. The van der Waals surface area contributed by atoms with Crippen LogP contribution in [-0.4, -0.2) is 31.7 Å². The Morgan fingerprint density at radius 3 is 2.94 bits per heavy atom. The normalized spacial score (nSPS) is 17.2. The van der Waals surface area contributed by atoms with Crippen LogP contribution in [0.4, 0.5) is 5.69 Å². The standard InChI is InChI=1S/C14H20N2O2/c1-14(15,13(17)18-2)8-10-16-9-7-11-5-3-4-6-12(11)16/h3-6H,7-10,15H2,1-2H3. The van der Waals surface area contributed by atoms with Crippen LogP contribution in [0.3, 0.4) is 0 Å². The molecule has 0 aliphatic carbocycles. The maximum Gasteiger partial charge on any atom is 0.325 e. The Morgan fingerprint density at radius 1 is 1.50 bits per heavy atom. The minimum atomic E-state index is -0.910. The van der Waals surface area contributed by atoms with E-state index in [0.717, 1.165) is 19.5 Å². The lowest BCUT2D eigenvalue weighted by Crippen LogP contribution is -2.48. The van der Waals surface area contributed by atoms with Gasteiger partial charge in [0.1, 0.15) is 5.54 Å². The summed E-state index contributed by atoms with van der Waals surface area (Å²) in [6.07, 6.45) is 1.66. The van der Waals surface area contributed by atoms with Crippen LogP contribution in [0.5, 0.6) is 0 Å². The van der Waals surface area contributed by atoms with Crippen molar-refractivity contribution in [2.24, 2.45) is 5.73 Å². The summed E-state index contributed by atoms with van der Waals surface area (Å²) in [6, 6.07) is 8.37. The smallest absolute Gasteiger partial charge is 0.325 e. The number of esters is 1. The summed E-state index contributed by atoms with van der Waals surface area (Å²) in [5.41, 5.74) is 7.69. The molecule has 0 radical (unpaired) electrons. The van der Waals surface area contributed by atoms with Crippen LogP contribution in [0.15, 0.2) is 24.3 Å². The molecule has 0 amide bonds. The molecule has 0 saturated heterocycles. The molecule has 0 fully saturated rings. The van der Waals surface area contributed by atoms with E-state index in [-0.39, 0.29) is 5.97 Å². The van der Waals surface area contributed by atoms with Gasteiger partial charge in [0.05, 0.1) is 7.11 Å². The van der Waals surface area contributed by atoms with Crippen LogP contribution in [0.25, 0.3) is 0 Å². The second kappa shape index (κ2) is 4.98. The minimum Gasteiger partial charge on any atom is -0.468 e. The number of hydrogen-bond donors (Lipinski definition) is 1. The van der Waals surface area contributed by atoms with Crippen LogP contribution >= 0.6 is 0 Å². The fourth-order valence-electron chi connectivity index (χ4n) is 2.34. The number of carbonyl (C=O) groups excluding carboxylic acids is 1. The molecule has 1 aliphatic heterocycles. The van der Waals surface area contributed by atoms with Crippen LogP contribution in [0, 0.1) is 0 Å². The van der Waals surface area contributed by atoms with Crippen molar-refractivity contribution < 1.29 is 9.53 Å². The van der Waals surface area contributed by atoms with E-state index in [1.165, 1.54) is 18.4 Å². The molecule has 0 bridgehead atoms. The van der Waals surface area contributed by atoms with Gasteiger partial charge in [0, 0.05) is 18.8 Å². The molecule has 2 rings (SSSR count). The zero-order valence-corrected chi connectivity index (χ0v) is 11.0. The number of nitrogens with zero attached hydrogens (tertiary/aromatic N) is 1. The molecule has 1 aliphatic rings. The summed E-state index contributed by atoms with van der Waals surface area (Å²) in [7, 11) is 1.37. The molecule has 1 heterocycles. The topological polar surface area (TPSA) is 55.6 Å². The van der Waals surface area contributed by atoms with Crippen molar-refractivity contribution >= 4 is 11.7 Å². The van der Waals surface area contributed by atoms with E-state index in [0.29, 0.717) is 6.42 Å². The van der Waals surface area contributed by atoms with Crippen molar-refractivity contribution in [3.63, 3.8) is 0 Å². The molecule has 1 aromatic carbocycles. The number of hydrogen-bond acceptors (Lipinski definition) is 4. The Balaban J connectivity index is 1.99. The molecule has 18 heavy (non-hydrogen) atoms. The third-order valence-electron chi connectivity index (χ3n) is 3.54. The first kappa shape index (κ1) is 12.9. The molecule has 98 valence electrons. The van der Waals surface area contributed by atoms with Gasteiger partial charge in [-0.05, 0) is 31.4 Å². The molecular weight excluding hydrogens is 228 g/mol. The third-order valence-corrected chi connectivity index (χ3v) is 3.54. The molecule has 1 atom stereocenters. The molecule has 0 aromatic heterocycles. The molecular formula is C14H20N2O2. The first-order chi connectivity index (χ1) is 8.54. The van der Waals surface area contributed by atoms with Crippen LogP contribution in [0.1, 0.15) is 18.9 Å². The second-order valence-corrected chi connectivity index (χ2v) is 5.02. The summed E-state index contributed by atoms with van der Waals surface area (Å²) in [5, 5.41) is 0. The van der Waals surface area contributed by atoms with Gasteiger partial charge in [-0.15, -0.1) is 0 Å². The molecule has 0 spiro atoms. The van der Waals surface area contributed by atoms with Crippen LogP contribution in [0.2, 0.25) is 0 Å². The molecule has 1 aromatic rings. The molecule has 4 heteroatoms. The lowest BCUT2D eigenvalue weighted by Gasteiger charge is -2.26. The summed E-state index contributed by atoms with van der Waals surface area (Å²) in [5.74, 6) is -0.352. The molecule has 0 saturated carbocycles. The van der Waals surface area contributed by atoms with Gasteiger partial charge in [-0.3, -0.25) is 4.79 Å².